The lowest BCUT2D eigenvalue weighted by atomic mass is 10.4. The highest BCUT2D eigenvalue weighted by atomic mass is 15.4. The van der Waals surface area contributed by atoms with Crippen molar-refractivity contribution in [3.05, 3.63) is 11.9 Å². The third-order valence-corrected chi connectivity index (χ3v) is 2.04. The van der Waals surface area contributed by atoms with Crippen LogP contribution in [0.4, 0.5) is 0 Å². The Morgan fingerprint density at radius 1 is 1.27 bits per heavy atom. The van der Waals surface area contributed by atoms with E-state index in [0.717, 1.165) is 44.7 Å². The molecule has 0 radical (unpaired) electrons. The van der Waals surface area contributed by atoms with Crippen molar-refractivity contribution in [2.24, 2.45) is 11.5 Å². The minimum Gasteiger partial charge on any atom is -0.330 e. The number of nitrogens with one attached hydrogen (secondary N) is 1. The van der Waals surface area contributed by atoms with Crippen LogP contribution >= 0.6 is 0 Å². The van der Waals surface area contributed by atoms with Gasteiger partial charge in [0.2, 0.25) is 0 Å². The van der Waals surface area contributed by atoms with E-state index in [1.807, 2.05) is 10.9 Å². The van der Waals surface area contributed by atoms with Crippen LogP contribution in [0.15, 0.2) is 6.20 Å². The molecule has 1 aromatic heterocycles. The number of hydrogen-bond acceptors (Lipinski definition) is 5. The van der Waals surface area contributed by atoms with Crippen molar-refractivity contribution in [2.45, 2.75) is 25.9 Å². The first-order valence-electron chi connectivity index (χ1n) is 5.36. The molecule has 0 aromatic carbocycles. The first kappa shape index (κ1) is 12.1. The van der Waals surface area contributed by atoms with Gasteiger partial charge in [-0.25, -0.2) is 0 Å². The van der Waals surface area contributed by atoms with Crippen LogP contribution in [-0.4, -0.2) is 34.6 Å². The predicted molar refractivity (Wildman–Crippen MR) is 59.1 cm³/mol. The van der Waals surface area contributed by atoms with Gasteiger partial charge >= 0.3 is 0 Å². The third-order valence-electron chi connectivity index (χ3n) is 2.04. The maximum Gasteiger partial charge on any atom is 0.0964 e. The Morgan fingerprint density at radius 3 is 2.80 bits per heavy atom. The fourth-order valence-electron chi connectivity index (χ4n) is 1.23. The standard InChI is InChI=1S/C9H20N6/c10-3-1-5-12-7-9-8-15(14-13-9)6-2-4-11/h8,12H,1-7,10-11H2. The van der Waals surface area contributed by atoms with Crippen molar-refractivity contribution >= 4 is 0 Å². The summed E-state index contributed by atoms with van der Waals surface area (Å²) in [5, 5.41) is 11.3. The molecule has 0 saturated carbocycles. The summed E-state index contributed by atoms with van der Waals surface area (Å²) in [5.74, 6) is 0. The van der Waals surface area contributed by atoms with E-state index < -0.39 is 0 Å². The van der Waals surface area contributed by atoms with E-state index >= 15 is 0 Å². The summed E-state index contributed by atoms with van der Waals surface area (Å²) in [4.78, 5) is 0. The molecule has 1 aromatic rings. The van der Waals surface area contributed by atoms with Crippen LogP contribution in [0.2, 0.25) is 0 Å². The highest BCUT2D eigenvalue weighted by molar-refractivity contribution is 4.91. The van der Waals surface area contributed by atoms with Gasteiger partial charge in [0, 0.05) is 19.3 Å². The van der Waals surface area contributed by atoms with Crippen LogP contribution in [0.1, 0.15) is 18.5 Å². The summed E-state index contributed by atoms with van der Waals surface area (Å²) in [6, 6.07) is 0. The Labute approximate surface area is 90.0 Å². The van der Waals surface area contributed by atoms with Gasteiger partial charge in [-0.15, -0.1) is 5.10 Å². The smallest absolute Gasteiger partial charge is 0.0964 e. The monoisotopic (exact) mass is 212 g/mol. The minimum atomic E-state index is 0.684. The predicted octanol–water partition coefficient (Wildman–Crippen LogP) is -0.935. The number of rotatable bonds is 8. The zero-order chi connectivity index (χ0) is 10.9. The molecule has 0 atom stereocenters. The molecule has 5 N–H and O–H groups in total. The Morgan fingerprint density at radius 2 is 2.07 bits per heavy atom. The quantitative estimate of drug-likeness (QED) is 0.484. The summed E-state index contributed by atoms with van der Waals surface area (Å²) >= 11 is 0. The second kappa shape index (κ2) is 7.33. The zero-order valence-corrected chi connectivity index (χ0v) is 9.02. The van der Waals surface area contributed by atoms with E-state index in [1.165, 1.54) is 0 Å². The van der Waals surface area contributed by atoms with Gasteiger partial charge in [0.25, 0.3) is 0 Å². The molecule has 0 aliphatic carbocycles. The second-order valence-corrected chi connectivity index (χ2v) is 3.43. The van der Waals surface area contributed by atoms with Gasteiger partial charge in [0.05, 0.1) is 5.69 Å². The maximum absolute atomic E-state index is 5.41. The number of hydrogen-bond donors (Lipinski definition) is 3. The fourth-order valence-corrected chi connectivity index (χ4v) is 1.23. The van der Waals surface area contributed by atoms with E-state index in [1.54, 1.807) is 0 Å². The van der Waals surface area contributed by atoms with Gasteiger partial charge in [-0.3, -0.25) is 4.68 Å². The lowest BCUT2D eigenvalue weighted by Crippen LogP contribution is -2.17. The van der Waals surface area contributed by atoms with Crippen LogP contribution in [-0.2, 0) is 13.1 Å². The van der Waals surface area contributed by atoms with Gasteiger partial charge in [-0.05, 0) is 32.5 Å². The molecule has 0 amide bonds. The van der Waals surface area contributed by atoms with Gasteiger partial charge in [0.1, 0.15) is 0 Å². The Bertz CT molecular complexity index is 259. The molecule has 0 unspecified atom stereocenters. The average molecular weight is 212 g/mol. The highest BCUT2D eigenvalue weighted by Crippen LogP contribution is 1.93. The SMILES string of the molecule is NCCCNCc1cn(CCCN)nn1. The highest BCUT2D eigenvalue weighted by Gasteiger charge is 1.99. The van der Waals surface area contributed by atoms with Crippen molar-refractivity contribution in [1.29, 1.82) is 0 Å². The lowest BCUT2D eigenvalue weighted by Gasteiger charge is -1.99. The molecular formula is C9H20N6. The molecule has 0 bridgehead atoms. The Hall–Kier alpha value is -0.980. The molecule has 0 aliphatic rings. The fraction of sp³-hybridized carbons (Fsp3) is 0.778. The number of aryl methyl sites for hydroxylation is 1. The van der Waals surface area contributed by atoms with Gasteiger partial charge < -0.3 is 16.8 Å². The van der Waals surface area contributed by atoms with Crippen LogP contribution in [0.3, 0.4) is 0 Å². The lowest BCUT2D eigenvalue weighted by molar-refractivity contribution is 0.564. The van der Waals surface area contributed by atoms with Crippen LogP contribution in [0.25, 0.3) is 0 Å². The first-order valence-corrected chi connectivity index (χ1v) is 5.36. The third kappa shape index (κ3) is 4.87. The molecule has 0 spiro atoms. The zero-order valence-electron chi connectivity index (χ0n) is 9.02. The summed E-state index contributed by atoms with van der Waals surface area (Å²) < 4.78 is 1.83. The Balaban J connectivity index is 2.20. The molecule has 0 saturated heterocycles. The van der Waals surface area contributed by atoms with Crippen molar-refractivity contribution in [1.82, 2.24) is 20.3 Å². The molecular weight excluding hydrogens is 192 g/mol. The van der Waals surface area contributed by atoms with Gasteiger partial charge in [-0.1, -0.05) is 5.21 Å². The van der Waals surface area contributed by atoms with E-state index in [-0.39, 0.29) is 0 Å². The van der Waals surface area contributed by atoms with Crippen LogP contribution in [0, 0.1) is 0 Å². The second-order valence-electron chi connectivity index (χ2n) is 3.43. The van der Waals surface area contributed by atoms with E-state index in [9.17, 15) is 0 Å². The first-order chi connectivity index (χ1) is 7.36. The van der Waals surface area contributed by atoms with Crippen LogP contribution < -0.4 is 16.8 Å². The normalized spacial score (nSPS) is 10.8. The summed E-state index contributed by atoms with van der Waals surface area (Å²) in [6.45, 7) is 3.92. The van der Waals surface area contributed by atoms with Gasteiger partial charge in [0.15, 0.2) is 0 Å². The molecule has 1 rings (SSSR count). The molecule has 6 nitrogen and oxygen atoms in total. The maximum atomic E-state index is 5.41. The van der Waals surface area contributed by atoms with E-state index in [0.29, 0.717) is 6.54 Å². The molecule has 1 heterocycles. The van der Waals surface area contributed by atoms with Crippen molar-refractivity contribution in [3.63, 3.8) is 0 Å². The summed E-state index contributed by atoms with van der Waals surface area (Å²) in [5.41, 5.74) is 11.8. The molecule has 0 aliphatic heterocycles. The van der Waals surface area contributed by atoms with Gasteiger partial charge in [-0.2, -0.15) is 0 Å². The summed E-state index contributed by atoms with van der Waals surface area (Å²) in [6.07, 6.45) is 3.87. The van der Waals surface area contributed by atoms with E-state index in [4.69, 9.17) is 11.5 Å². The molecule has 86 valence electrons. The van der Waals surface area contributed by atoms with Crippen molar-refractivity contribution < 1.29 is 0 Å². The Kier molecular flexibility index (Phi) is 5.91. The number of nitrogens with two attached hydrogens (primary N) is 2. The number of nitrogens with zero attached hydrogens (tertiary/aromatic N) is 3. The topological polar surface area (TPSA) is 94.8 Å². The van der Waals surface area contributed by atoms with Crippen molar-refractivity contribution in [2.75, 3.05) is 19.6 Å². The minimum absolute atomic E-state index is 0.684. The van der Waals surface area contributed by atoms with Crippen LogP contribution in [0.5, 0.6) is 0 Å². The average Bonchev–Trinajstić information content (AvgIpc) is 2.69. The molecule has 0 fully saturated rings. The largest absolute Gasteiger partial charge is 0.330 e. The van der Waals surface area contributed by atoms with E-state index in [2.05, 4.69) is 15.6 Å². The molecule has 15 heavy (non-hydrogen) atoms. The number of aromatic nitrogens is 3. The summed E-state index contributed by atoms with van der Waals surface area (Å²) in [7, 11) is 0. The van der Waals surface area contributed by atoms with Crippen molar-refractivity contribution in [3.8, 4) is 0 Å². The molecule has 6 heteroatoms.